The summed E-state index contributed by atoms with van der Waals surface area (Å²) in [5.74, 6) is 0.232. The zero-order valence-corrected chi connectivity index (χ0v) is 11.1. The predicted octanol–water partition coefficient (Wildman–Crippen LogP) is 3.36. The third kappa shape index (κ3) is 3.43. The molecule has 3 heteroatoms. The molecule has 1 aromatic rings. The number of anilines is 1. The quantitative estimate of drug-likeness (QED) is 0.851. The first kappa shape index (κ1) is 14.0. The Morgan fingerprint density at radius 1 is 1.35 bits per heavy atom. The monoisotopic (exact) mass is 239 g/mol. The molecule has 0 saturated heterocycles. The third-order valence-corrected chi connectivity index (χ3v) is 3.13. The summed E-state index contributed by atoms with van der Waals surface area (Å²) < 4.78 is 13.9. The SMILES string of the molecule is CCC(C)CN(C)c1c(F)cccc1C(C)O. The van der Waals surface area contributed by atoms with E-state index in [0.29, 0.717) is 17.2 Å². The van der Waals surface area contributed by atoms with Crippen LogP contribution in [0.3, 0.4) is 0 Å². The lowest BCUT2D eigenvalue weighted by Gasteiger charge is -2.26. The van der Waals surface area contributed by atoms with E-state index in [1.165, 1.54) is 6.07 Å². The number of rotatable bonds is 5. The first-order valence-corrected chi connectivity index (χ1v) is 6.15. The van der Waals surface area contributed by atoms with Gasteiger partial charge < -0.3 is 10.0 Å². The van der Waals surface area contributed by atoms with Gasteiger partial charge in [-0.15, -0.1) is 0 Å². The van der Waals surface area contributed by atoms with Gasteiger partial charge in [-0.25, -0.2) is 4.39 Å². The largest absolute Gasteiger partial charge is 0.389 e. The van der Waals surface area contributed by atoms with Crippen LogP contribution in [-0.4, -0.2) is 18.7 Å². The molecule has 0 aliphatic rings. The molecular formula is C14H22FNO. The second-order valence-electron chi connectivity index (χ2n) is 4.75. The Balaban J connectivity index is 3.02. The van der Waals surface area contributed by atoms with Gasteiger partial charge in [-0.3, -0.25) is 0 Å². The molecule has 1 aromatic carbocycles. The van der Waals surface area contributed by atoms with E-state index in [4.69, 9.17) is 0 Å². The molecule has 2 unspecified atom stereocenters. The Morgan fingerprint density at radius 3 is 2.53 bits per heavy atom. The van der Waals surface area contributed by atoms with Crippen LogP contribution < -0.4 is 4.90 Å². The van der Waals surface area contributed by atoms with Gasteiger partial charge in [0.1, 0.15) is 5.82 Å². The average Bonchev–Trinajstić information content (AvgIpc) is 2.28. The summed E-state index contributed by atoms with van der Waals surface area (Å²) in [6.45, 7) is 6.71. The molecule has 0 aliphatic carbocycles. The van der Waals surface area contributed by atoms with Gasteiger partial charge >= 0.3 is 0 Å². The first-order valence-electron chi connectivity index (χ1n) is 6.15. The molecule has 0 saturated carbocycles. The summed E-state index contributed by atoms with van der Waals surface area (Å²) in [6.07, 6.45) is 0.406. The molecule has 0 heterocycles. The normalized spacial score (nSPS) is 14.5. The summed E-state index contributed by atoms with van der Waals surface area (Å²) in [5, 5.41) is 9.68. The van der Waals surface area contributed by atoms with Crippen LogP contribution in [0.1, 0.15) is 38.9 Å². The van der Waals surface area contributed by atoms with E-state index in [-0.39, 0.29) is 5.82 Å². The van der Waals surface area contributed by atoms with Crippen molar-refractivity contribution >= 4 is 5.69 Å². The van der Waals surface area contributed by atoms with Gasteiger partial charge in [0.05, 0.1) is 11.8 Å². The number of para-hydroxylation sites is 1. The van der Waals surface area contributed by atoms with Crippen molar-refractivity contribution < 1.29 is 9.50 Å². The van der Waals surface area contributed by atoms with Crippen molar-refractivity contribution in [1.29, 1.82) is 0 Å². The molecule has 96 valence electrons. The molecule has 0 aliphatic heterocycles. The van der Waals surface area contributed by atoms with E-state index < -0.39 is 6.10 Å². The minimum Gasteiger partial charge on any atom is -0.389 e. The Kier molecular flexibility index (Phi) is 4.94. The van der Waals surface area contributed by atoms with Crippen LogP contribution in [-0.2, 0) is 0 Å². The van der Waals surface area contributed by atoms with Crippen LogP contribution in [0.4, 0.5) is 10.1 Å². The average molecular weight is 239 g/mol. The highest BCUT2D eigenvalue weighted by Crippen LogP contribution is 2.29. The zero-order chi connectivity index (χ0) is 13.0. The lowest BCUT2D eigenvalue weighted by Crippen LogP contribution is -2.26. The van der Waals surface area contributed by atoms with Gasteiger partial charge in [-0.2, -0.15) is 0 Å². The zero-order valence-electron chi connectivity index (χ0n) is 11.1. The van der Waals surface area contributed by atoms with E-state index in [1.807, 2.05) is 11.9 Å². The molecule has 0 radical (unpaired) electrons. The minimum atomic E-state index is -0.653. The summed E-state index contributed by atoms with van der Waals surface area (Å²) in [4.78, 5) is 1.89. The molecule has 1 rings (SSSR count). The van der Waals surface area contributed by atoms with Gasteiger partial charge in [0, 0.05) is 19.2 Å². The van der Waals surface area contributed by atoms with Crippen molar-refractivity contribution in [3.8, 4) is 0 Å². The Morgan fingerprint density at radius 2 is 2.00 bits per heavy atom. The van der Waals surface area contributed by atoms with E-state index in [9.17, 15) is 9.50 Å². The molecule has 0 spiro atoms. The molecule has 0 fully saturated rings. The molecule has 0 amide bonds. The fourth-order valence-corrected chi connectivity index (χ4v) is 1.96. The van der Waals surface area contributed by atoms with E-state index >= 15 is 0 Å². The summed E-state index contributed by atoms with van der Waals surface area (Å²) in [7, 11) is 1.87. The highest BCUT2D eigenvalue weighted by molar-refractivity contribution is 5.55. The summed E-state index contributed by atoms with van der Waals surface area (Å²) in [6, 6.07) is 4.85. The molecular weight excluding hydrogens is 217 g/mol. The topological polar surface area (TPSA) is 23.5 Å². The van der Waals surface area contributed by atoms with E-state index in [1.54, 1.807) is 19.1 Å². The molecule has 2 atom stereocenters. The van der Waals surface area contributed by atoms with E-state index in [0.717, 1.165) is 13.0 Å². The van der Waals surface area contributed by atoms with Crippen LogP contribution in [0.25, 0.3) is 0 Å². The van der Waals surface area contributed by atoms with Crippen molar-refractivity contribution in [2.75, 3.05) is 18.5 Å². The molecule has 0 bridgehead atoms. The second-order valence-corrected chi connectivity index (χ2v) is 4.75. The summed E-state index contributed by atoms with van der Waals surface area (Å²) in [5.41, 5.74) is 1.17. The Bertz CT molecular complexity index is 365. The highest BCUT2D eigenvalue weighted by atomic mass is 19.1. The minimum absolute atomic E-state index is 0.269. The fraction of sp³-hybridized carbons (Fsp3) is 0.571. The van der Waals surface area contributed by atoms with Gasteiger partial charge in [-0.1, -0.05) is 32.4 Å². The number of aliphatic hydroxyl groups is 1. The third-order valence-electron chi connectivity index (χ3n) is 3.13. The van der Waals surface area contributed by atoms with Crippen LogP contribution in [0.15, 0.2) is 18.2 Å². The molecule has 1 N–H and O–H groups in total. The molecule has 2 nitrogen and oxygen atoms in total. The van der Waals surface area contributed by atoms with E-state index in [2.05, 4.69) is 13.8 Å². The molecule has 17 heavy (non-hydrogen) atoms. The Hall–Kier alpha value is -1.09. The van der Waals surface area contributed by atoms with Gasteiger partial charge in [0.2, 0.25) is 0 Å². The standard InChI is InChI=1S/C14H22FNO/c1-5-10(2)9-16(4)14-12(11(3)17)7-6-8-13(14)15/h6-8,10-11,17H,5,9H2,1-4H3. The van der Waals surface area contributed by atoms with Gasteiger partial charge in [-0.05, 0) is 18.9 Å². The maximum absolute atomic E-state index is 13.9. The predicted molar refractivity (Wildman–Crippen MR) is 69.8 cm³/mol. The van der Waals surface area contributed by atoms with Crippen molar-refractivity contribution in [2.24, 2.45) is 5.92 Å². The lowest BCUT2D eigenvalue weighted by atomic mass is 10.0. The number of hydrogen-bond acceptors (Lipinski definition) is 2. The number of hydrogen-bond donors (Lipinski definition) is 1. The smallest absolute Gasteiger partial charge is 0.146 e. The van der Waals surface area contributed by atoms with Crippen LogP contribution in [0, 0.1) is 11.7 Å². The summed E-state index contributed by atoms with van der Waals surface area (Å²) >= 11 is 0. The van der Waals surface area contributed by atoms with Gasteiger partial charge in [0.15, 0.2) is 0 Å². The maximum atomic E-state index is 13.9. The number of benzene rings is 1. The number of aliphatic hydroxyl groups excluding tert-OH is 1. The Labute approximate surface area is 103 Å². The second kappa shape index (κ2) is 6.01. The van der Waals surface area contributed by atoms with Crippen molar-refractivity contribution in [1.82, 2.24) is 0 Å². The molecule has 0 aromatic heterocycles. The first-order chi connectivity index (χ1) is 7.97. The van der Waals surface area contributed by atoms with Crippen LogP contribution in [0.5, 0.6) is 0 Å². The fourth-order valence-electron chi connectivity index (χ4n) is 1.96. The van der Waals surface area contributed by atoms with Crippen molar-refractivity contribution in [2.45, 2.75) is 33.3 Å². The lowest BCUT2D eigenvalue weighted by molar-refractivity contribution is 0.199. The van der Waals surface area contributed by atoms with Gasteiger partial charge in [0.25, 0.3) is 0 Å². The number of nitrogens with zero attached hydrogens (tertiary/aromatic N) is 1. The van der Waals surface area contributed by atoms with Crippen molar-refractivity contribution in [3.63, 3.8) is 0 Å². The van der Waals surface area contributed by atoms with Crippen molar-refractivity contribution in [3.05, 3.63) is 29.6 Å². The van der Waals surface area contributed by atoms with Crippen LogP contribution in [0.2, 0.25) is 0 Å². The highest BCUT2D eigenvalue weighted by Gasteiger charge is 2.17. The van der Waals surface area contributed by atoms with Crippen LogP contribution >= 0.6 is 0 Å². The number of halogens is 1. The maximum Gasteiger partial charge on any atom is 0.146 e.